The van der Waals surface area contributed by atoms with Crippen molar-refractivity contribution in [3.8, 4) is 5.75 Å². The molecule has 7 nitrogen and oxygen atoms in total. The topological polar surface area (TPSA) is 97.3 Å². The number of nitro groups is 1. The lowest BCUT2D eigenvalue weighted by molar-refractivity contribution is -0.385. The maximum absolute atomic E-state index is 12.8. The zero-order valence-corrected chi connectivity index (χ0v) is 17.8. The van der Waals surface area contributed by atoms with Crippen LogP contribution >= 0.6 is 0 Å². The smallest absolute Gasteiger partial charge is 0.273 e. The second-order valence-electron chi connectivity index (χ2n) is 7.58. The second-order valence-corrected chi connectivity index (χ2v) is 7.58. The molecule has 1 atom stereocenters. The lowest BCUT2D eigenvalue weighted by Crippen LogP contribution is -2.29. The van der Waals surface area contributed by atoms with E-state index in [4.69, 9.17) is 4.74 Å². The van der Waals surface area contributed by atoms with E-state index in [2.05, 4.69) is 10.3 Å². The summed E-state index contributed by atoms with van der Waals surface area (Å²) in [5.41, 5.74) is 3.80. The van der Waals surface area contributed by atoms with E-state index in [0.717, 1.165) is 27.8 Å². The number of ether oxygens (including phenoxy) is 1. The number of hydrogen-bond donors (Lipinski definition) is 2. The van der Waals surface area contributed by atoms with Gasteiger partial charge in [0.2, 0.25) is 0 Å². The van der Waals surface area contributed by atoms with Crippen molar-refractivity contribution in [2.45, 2.75) is 12.8 Å². The van der Waals surface area contributed by atoms with Gasteiger partial charge in [-0.15, -0.1) is 0 Å². The van der Waals surface area contributed by atoms with E-state index >= 15 is 0 Å². The van der Waals surface area contributed by atoms with E-state index in [1.807, 2.05) is 54.7 Å². The zero-order valence-electron chi connectivity index (χ0n) is 17.8. The van der Waals surface area contributed by atoms with Crippen molar-refractivity contribution in [2.75, 3.05) is 13.7 Å². The number of H-pyrrole nitrogens is 1. The zero-order chi connectivity index (χ0) is 22.7. The minimum atomic E-state index is -0.474. The molecule has 0 spiro atoms. The molecule has 0 aliphatic rings. The predicted molar refractivity (Wildman–Crippen MR) is 123 cm³/mol. The summed E-state index contributed by atoms with van der Waals surface area (Å²) in [6, 6.07) is 20.3. The molecule has 1 unspecified atom stereocenters. The van der Waals surface area contributed by atoms with Gasteiger partial charge in [-0.25, -0.2) is 0 Å². The highest BCUT2D eigenvalue weighted by Gasteiger charge is 2.21. The molecule has 1 amide bonds. The van der Waals surface area contributed by atoms with Crippen molar-refractivity contribution in [2.24, 2.45) is 0 Å². The summed E-state index contributed by atoms with van der Waals surface area (Å²) < 4.78 is 5.28. The molecule has 4 aromatic rings. The van der Waals surface area contributed by atoms with Crippen molar-refractivity contribution in [1.29, 1.82) is 0 Å². The number of hydrogen-bond acceptors (Lipinski definition) is 4. The van der Waals surface area contributed by atoms with E-state index in [1.54, 1.807) is 26.2 Å². The summed E-state index contributed by atoms with van der Waals surface area (Å²) in [5, 5.41) is 15.3. The Morgan fingerprint density at radius 1 is 1.12 bits per heavy atom. The van der Waals surface area contributed by atoms with Gasteiger partial charge < -0.3 is 15.0 Å². The number of aryl methyl sites for hydroxylation is 1. The molecular formula is C25H23N3O4. The number of para-hydroxylation sites is 1. The fourth-order valence-corrected chi connectivity index (χ4v) is 3.87. The number of methoxy groups -OCH3 is 1. The molecule has 0 fully saturated rings. The lowest BCUT2D eigenvalue weighted by Gasteiger charge is -2.19. The average molecular weight is 429 g/mol. The first-order valence-electron chi connectivity index (χ1n) is 10.2. The summed E-state index contributed by atoms with van der Waals surface area (Å²) in [4.78, 5) is 26.9. The van der Waals surface area contributed by atoms with E-state index < -0.39 is 4.92 Å². The van der Waals surface area contributed by atoms with Gasteiger partial charge in [0.15, 0.2) is 0 Å². The van der Waals surface area contributed by atoms with Crippen molar-refractivity contribution in [3.63, 3.8) is 0 Å². The van der Waals surface area contributed by atoms with Gasteiger partial charge in [0.05, 0.1) is 12.0 Å². The van der Waals surface area contributed by atoms with E-state index in [0.29, 0.717) is 12.1 Å². The molecule has 4 rings (SSSR count). The first-order valence-corrected chi connectivity index (χ1v) is 10.2. The number of nitrogens with zero attached hydrogens (tertiary/aromatic N) is 1. The average Bonchev–Trinajstić information content (AvgIpc) is 3.23. The third-order valence-electron chi connectivity index (χ3n) is 5.65. The number of nitro benzene ring substituents is 1. The number of fused-ring (bicyclic) bond motifs is 1. The summed E-state index contributed by atoms with van der Waals surface area (Å²) in [7, 11) is 1.62. The summed E-state index contributed by atoms with van der Waals surface area (Å²) >= 11 is 0. The third kappa shape index (κ3) is 4.18. The fourth-order valence-electron chi connectivity index (χ4n) is 3.87. The minimum absolute atomic E-state index is 0.0685. The Kier molecular flexibility index (Phi) is 5.89. The quantitative estimate of drug-likeness (QED) is 0.321. The highest BCUT2D eigenvalue weighted by atomic mass is 16.6. The molecule has 3 aromatic carbocycles. The van der Waals surface area contributed by atoms with Gasteiger partial charge in [0.25, 0.3) is 11.6 Å². The van der Waals surface area contributed by atoms with Crippen LogP contribution in [0.25, 0.3) is 10.9 Å². The molecule has 0 radical (unpaired) electrons. The Labute approximate surface area is 185 Å². The van der Waals surface area contributed by atoms with Crippen molar-refractivity contribution < 1.29 is 14.5 Å². The summed E-state index contributed by atoms with van der Waals surface area (Å²) in [6.07, 6.45) is 1.96. The molecule has 7 heteroatoms. The van der Waals surface area contributed by atoms with Gasteiger partial charge in [-0.2, -0.15) is 0 Å². The van der Waals surface area contributed by atoms with Crippen LogP contribution in [0.5, 0.6) is 5.75 Å². The maximum atomic E-state index is 12.8. The summed E-state index contributed by atoms with van der Waals surface area (Å²) in [6.45, 7) is 1.98. The number of amides is 1. The molecule has 0 aliphatic carbocycles. The van der Waals surface area contributed by atoms with Crippen molar-refractivity contribution in [3.05, 3.63) is 105 Å². The number of benzene rings is 3. The molecule has 2 N–H and O–H groups in total. The van der Waals surface area contributed by atoms with Crippen LogP contribution in [0, 0.1) is 17.0 Å². The molecule has 0 saturated heterocycles. The second kappa shape index (κ2) is 8.93. The van der Waals surface area contributed by atoms with Crippen molar-refractivity contribution in [1.82, 2.24) is 10.3 Å². The predicted octanol–water partition coefficient (Wildman–Crippen LogP) is 4.96. The van der Waals surface area contributed by atoms with E-state index in [-0.39, 0.29) is 23.1 Å². The number of carbonyl (C=O) groups excluding carboxylic acids is 1. The number of aromatic amines is 1. The number of rotatable bonds is 7. The first-order chi connectivity index (χ1) is 15.5. The van der Waals surface area contributed by atoms with Crippen LogP contribution in [-0.2, 0) is 0 Å². The standard InChI is InChI=1S/C25H23N3O4/c1-16-7-8-18(13-24(16)28(30)31)25(29)27-14-21(17-9-11-19(32-2)12-10-17)22-15-26-23-6-4-3-5-20(22)23/h3-13,15,21,26H,14H2,1-2H3,(H,27,29). The largest absolute Gasteiger partial charge is 0.497 e. The van der Waals surface area contributed by atoms with Gasteiger partial charge in [-0.1, -0.05) is 36.4 Å². The Balaban J connectivity index is 1.64. The van der Waals surface area contributed by atoms with Crippen molar-refractivity contribution >= 4 is 22.5 Å². The molecule has 32 heavy (non-hydrogen) atoms. The Morgan fingerprint density at radius 2 is 1.88 bits per heavy atom. The van der Waals surface area contributed by atoms with Crippen LogP contribution in [0.4, 0.5) is 5.69 Å². The molecule has 0 aliphatic heterocycles. The van der Waals surface area contributed by atoms with Crippen LogP contribution in [0.2, 0.25) is 0 Å². The normalized spacial score (nSPS) is 11.8. The highest BCUT2D eigenvalue weighted by Crippen LogP contribution is 2.31. The van der Waals surface area contributed by atoms with E-state index in [9.17, 15) is 14.9 Å². The van der Waals surface area contributed by atoms with Gasteiger partial charge in [-0.3, -0.25) is 14.9 Å². The molecule has 0 bridgehead atoms. The highest BCUT2D eigenvalue weighted by molar-refractivity contribution is 5.95. The first kappa shape index (κ1) is 21.1. The fraction of sp³-hybridized carbons (Fsp3) is 0.160. The van der Waals surface area contributed by atoms with Crippen LogP contribution < -0.4 is 10.1 Å². The molecule has 1 heterocycles. The van der Waals surface area contributed by atoms with Crippen LogP contribution in [0.1, 0.15) is 33.0 Å². The molecule has 1 aromatic heterocycles. The SMILES string of the molecule is COc1ccc(C(CNC(=O)c2ccc(C)c([N+](=O)[O-])c2)c2c[nH]c3ccccc23)cc1. The number of nitrogens with one attached hydrogen (secondary N) is 2. The third-order valence-corrected chi connectivity index (χ3v) is 5.65. The molecule has 0 saturated carbocycles. The van der Waals surface area contributed by atoms with Crippen LogP contribution in [0.3, 0.4) is 0 Å². The van der Waals surface area contributed by atoms with Gasteiger partial charge in [0, 0.05) is 46.8 Å². The van der Waals surface area contributed by atoms with Gasteiger partial charge in [0.1, 0.15) is 5.75 Å². The maximum Gasteiger partial charge on any atom is 0.273 e. The lowest BCUT2D eigenvalue weighted by atomic mass is 9.90. The Bertz CT molecular complexity index is 1280. The van der Waals surface area contributed by atoms with Gasteiger partial charge >= 0.3 is 0 Å². The van der Waals surface area contributed by atoms with Gasteiger partial charge in [-0.05, 0) is 42.3 Å². The van der Waals surface area contributed by atoms with Crippen LogP contribution in [-0.4, -0.2) is 29.5 Å². The minimum Gasteiger partial charge on any atom is -0.497 e. The Hall–Kier alpha value is -4.13. The molecule has 162 valence electrons. The number of carbonyl (C=O) groups is 1. The molecular weight excluding hydrogens is 406 g/mol. The monoisotopic (exact) mass is 429 g/mol. The summed E-state index contributed by atoms with van der Waals surface area (Å²) in [5.74, 6) is 0.273. The Morgan fingerprint density at radius 3 is 2.59 bits per heavy atom. The number of aromatic nitrogens is 1. The van der Waals surface area contributed by atoms with Crippen LogP contribution in [0.15, 0.2) is 72.9 Å². The van der Waals surface area contributed by atoms with E-state index in [1.165, 1.54) is 6.07 Å².